The Balaban J connectivity index is 4.60. The Morgan fingerprint density at radius 3 is 1.89 bits per heavy atom. The van der Waals surface area contributed by atoms with E-state index in [1.165, 1.54) is 12.8 Å². The highest BCUT2D eigenvalue weighted by Crippen LogP contribution is 2.42. The van der Waals surface area contributed by atoms with Crippen molar-refractivity contribution in [1.29, 1.82) is 0 Å². The van der Waals surface area contributed by atoms with Crippen LogP contribution in [0.5, 0.6) is 0 Å². The van der Waals surface area contributed by atoms with Crippen LogP contribution in [0.1, 0.15) is 80.1 Å². The minimum atomic E-state index is 0.240. The molecule has 0 aromatic rings. The average Bonchev–Trinajstić information content (AvgIpc) is 2.44. The molecule has 0 bridgehead atoms. The van der Waals surface area contributed by atoms with Crippen LogP contribution >= 0.6 is 0 Å². The van der Waals surface area contributed by atoms with E-state index in [2.05, 4.69) is 48.8 Å². The lowest BCUT2D eigenvalue weighted by Crippen LogP contribution is -2.32. The van der Waals surface area contributed by atoms with Gasteiger partial charge in [0.15, 0.2) is 0 Å². The molecule has 0 N–H and O–H groups in total. The first kappa shape index (κ1) is 18.7. The lowest BCUT2D eigenvalue weighted by molar-refractivity contribution is -0.120. The Bertz CT molecular complexity index is 242. The zero-order chi connectivity index (χ0) is 14.9. The van der Waals surface area contributed by atoms with Crippen LogP contribution in [0.25, 0.3) is 0 Å². The molecule has 0 spiro atoms. The summed E-state index contributed by atoms with van der Waals surface area (Å²) in [5.41, 5.74) is 0.240. The van der Waals surface area contributed by atoms with Crippen molar-refractivity contribution in [1.82, 2.24) is 0 Å². The normalized spacial score (nSPS) is 13.6. The second-order valence-corrected chi connectivity index (χ2v) is 6.12. The number of ketones is 1. The van der Waals surface area contributed by atoms with E-state index in [9.17, 15) is 4.79 Å². The topological polar surface area (TPSA) is 17.1 Å². The van der Waals surface area contributed by atoms with Gasteiger partial charge < -0.3 is 4.79 Å². The molecular formula is C17H34BO. The van der Waals surface area contributed by atoms with Gasteiger partial charge >= 0.3 is 0 Å². The standard InChI is InChI=1S/C17H34BO/c1-7-14(6)18-13-16(19)12-17(10-4,11-5)15(8-2)9-3/h14-15H,7-13H2,1-6H3. The van der Waals surface area contributed by atoms with Gasteiger partial charge in [0, 0.05) is 6.42 Å². The molecular weight excluding hydrogens is 231 g/mol. The Hall–Kier alpha value is -0.265. The molecule has 0 heterocycles. The van der Waals surface area contributed by atoms with E-state index in [1.54, 1.807) is 0 Å². The smallest absolute Gasteiger partial charge is 0.125 e. The van der Waals surface area contributed by atoms with Gasteiger partial charge in [0.2, 0.25) is 0 Å². The van der Waals surface area contributed by atoms with Crippen molar-refractivity contribution in [3.8, 4) is 0 Å². The number of carbonyl (C=O) groups is 1. The third-order valence-corrected chi connectivity index (χ3v) is 5.20. The third kappa shape index (κ3) is 5.71. The highest BCUT2D eigenvalue weighted by atomic mass is 16.1. The summed E-state index contributed by atoms with van der Waals surface area (Å²) in [7, 11) is 2.20. The summed E-state index contributed by atoms with van der Waals surface area (Å²) in [6.07, 6.45) is 7.22. The summed E-state index contributed by atoms with van der Waals surface area (Å²) >= 11 is 0. The Morgan fingerprint density at radius 1 is 1.00 bits per heavy atom. The minimum absolute atomic E-state index is 0.240. The fourth-order valence-electron chi connectivity index (χ4n) is 3.34. The van der Waals surface area contributed by atoms with Crippen molar-refractivity contribution in [3.63, 3.8) is 0 Å². The van der Waals surface area contributed by atoms with Crippen LogP contribution in [0.4, 0.5) is 0 Å². The first-order chi connectivity index (χ1) is 8.99. The van der Waals surface area contributed by atoms with Gasteiger partial charge in [-0.15, -0.1) is 0 Å². The molecule has 0 aromatic heterocycles. The molecule has 0 saturated heterocycles. The molecule has 0 amide bonds. The minimum Gasteiger partial charge on any atom is -0.301 e. The monoisotopic (exact) mass is 265 g/mol. The van der Waals surface area contributed by atoms with E-state index in [0.717, 1.165) is 25.7 Å². The first-order valence-corrected chi connectivity index (χ1v) is 8.34. The summed E-state index contributed by atoms with van der Waals surface area (Å²) in [5, 5.41) is 0. The van der Waals surface area contributed by atoms with Crippen LogP contribution in [0.2, 0.25) is 12.1 Å². The van der Waals surface area contributed by atoms with Crippen LogP contribution < -0.4 is 0 Å². The van der Waals surface area contributed by atoms with Crippen LogP contribution in [-0.4, -0.2) is 13.1 Å². The highest BCUT2D eigenvalue weighted by Gasteiger charge is 2.35. The van der Waals surface area contributed by atoms with Crippen LogP contribution in [0.15, 0.2) is 0 Å². The van der Waals surface area contributed by atoms with E-state index in [-0.39, 0.29) is 5.41 Å². The maximum Gasteiger partial charge on any atom is 0.125 e. The van der Waals surface area contributed by atoms with Crippen LogP contribution in [-0.2, 0) is 4.79 Å². The quantitative estimate of drug-likeness (QED) is 0.449. The van der Waals surface area contributed by atoms with Gasteiger partial charge in [-0.3, -0.25) is 0 Å². The molecule has 0 aliphatic carbocycles. The second-order valence-electron chi connectivity index (χ2n) is 6.12. The maximum atomic E-state index is 12.3. The van der Waals surface area contributed by atoms with Crippen molar-refractivity contribution in [2.75, 3.05) is 0 Å². The van der Waals surface area contributed by atoms with Gasteiger partial charge in [-0.05, 0) is 30.5 Å². The number of Topliss-reactive ketones (excluding diaryl/α,β-unsaturated/α-hetero) is 1. The highest BCUT2D eigenvalue weighted by molar-refractivity contribution is 6.43. The average molecular weight is 265 g/mol. The molecule has 0 aromatic carbocycles. The first-order valence-electron chi connectivity index (χ1n) is 8.34. The molecule has 1 atom stereocenters. The number of carbonyl (C=O) groups excluding carboxylic acids is 1. The predicted octanol–water partition coefficient (Wildman–Crippen LogP) is 5.53. The molecule has 0 rings (SSSR count). The van der Waals surface area contributed by atoms with E-state index in [4.69, 9.17) is 0 Å². The van der Waals surface area contributed by atoms with E-state index >= 15 is 0 Å². The zero-order valence-electron chi connectivity index (χ0n) is 14.1. The Morgan fingerprint density at radius 2 is 1.53 bits per heavy atom. The summed E-state index contributed by atoms with van der Waals surface area (Å²) in [5.74, 6) is 1.70. The molecule has 0 aliphatic rings. The van der Waals surface area contributed by atoms with Crippen LogP contribution in [0, 0.1) is 11.3 Å². The number of hydrogen-bond acceptors (Lipinski definition) is 1. The fourth-order valence-corrected chi connectivity index (χ4v) is 3.34. The molecule has 1 unspecified atom stereocenters. The lowest BCUT2D eigenvalue weighted by atomic mass is 9.58. The predicted molar refractivity (Wildman–Crippen MR) is 87.0 cm³/mol. The summed E-state index contributed by atoms with van der Waals surface area (Å²) < 4.78 is 0. The number of rotatable bonds is 11. The second kappa shape index (κ2) is 9.61. The van der Waals surface area contributed by atoms with Gasteiger partial charge in [0.1, 0.15) is 13.1 Å². The SMILES string of the molecule is CCC(C)[B]CC(=O)CC(CC)(CC)C(CC)CC. The largest absolute Gasteiger partial charge is 0.301 e. The van der Waals surface area contributed by atoms with Gasteiger partial charge in [-0.1, -0.05) is 66.6 Å². The number of hydrogen-bond donors (Lipinski definition) is 0. The van der Waals surface area contributed by atoms with Gasteiger partial charge in [-0.25, -0.2) is 0 Å². The molecule has 0 aliphatic heterocycles. The van der Waals surface area contributed by atoms with Crippen molar-refractivity contribution in [2.45, 2.75) is 92.2 Å². The molecule has 19 heavy (non-hydrogen) atoms. The maximum absolute atomic E-state index is 12.3. The third-order valence-electron chi connectivity index (χ3n) is 5.20. The van der Waals surface area contributed by atoms with Crippen molar-refractivity contribution < 1.29 is 4.79 Å². The fraction of sp³-hybridized carbons (Fsp3) is 0.941. The van der Waals surface area contributed by atoms with Crippen LogP contribution in [0.3, 0.4) is 0 Å². The van der Waals surface area contributed by atoms with Gasteiger partial charge in [0.25, 0.3) is 0 Å². The Labute approximate surface area is 122 Å². The summed E-state index contributed by atoms with van der Waals surface area (Å²) in [4.78, 5) is 12.3. The van der Waals surface area contributed by atoms with E-state index < -0.39 is 0 Å². The van der Waals surface area contributed by atoms with Crippen molar-refractivity contribution in [3.05, 3.63) is 0 Å². The molecule has 1 radical (unpaired) electrons. The van der Waals surface area contributed by atoms with Gasteiger partial charge in [0.05, 0.1) is 0 Å². The van der Waals surface area contributed by atoms with E-state index in [0.29, 0.717) is 23.8 Å². The summed E-state index contributed by atoms with van der Waals surface area (Å²) in [6.45, 7) is 13.4. The van der Waals surface area contributed by atoms with Crippen molar-refractivity contribution in [2.24, 2.45) is 11.3 Å². The summed E-state index contributed by atoms with van der Waals surface area (Å²) in [6, 6.07) is 0. The Kier molecular flexibility index (Phi) is 9.48. The molecule has 0 saturated carbocycles. The lowest BCUT2D eigenvalue weighted by Gasteiger charge is -2.39. The molecule has 2 heteroatoms. The molecule has 0 fully saturated rings. The molecule has 111 valence electrons. The molecule has 1 nitrogen and oxygen atoms in total. The van der Waals surface area contributed by atoms with E-state index in [1.807, 2.05) is 0 Å². The zero-order valence-corrected chi connectivity index (χ0v) is 14.1. The van der Waals surface area contributed by atoms with Gasteiger partial charge in [-0.2, -0.15) is 0 Å². The van der Waals surface area contributed by atoms with Crippen molar-refractivity contribution >= 4 is 13.1 Å².